The molecule has 0 saturated heterocycles. The maximum Gasteiger partial charge on any atom is 1.00 e. The Labute approximate surface area is 173 Å². The van der Waals surface area contributed by atoms with Crippen LogP contribution in [0.25, 0.3) is 0 Å². The van der Waals surface area contributed by atoms with Crippen molar-refractivity contribution in [2.75, 3.05) is 12.4 Å². The van der Waals surface area contributed by atoms with Crippen molar-refractivity contribution >= 4 is 20.2 Å². The Morgan fingerprint density at radius 1 is 1.16 bits per heavy atom. The molecule has 0 spiro atoms. The molecule has 25 heavy (non-hydrogen) atoms. The fraction of sp³-hybridized carbons (Fsp3) is 0.500. The van der Waals surface area contributed by atoms with E-state index < -0.39 is 20.2 Å². The van der Waals surface area contributed by atoms with Crippen molar-refractivity contribution in [2.45, 2.75) is 44.9 Å². The molecule has 0 heterocycles. The minimum absolute atomic E-state index is 0. The first kappa shape index (κ1) is 27.0. The number of hydrogen-bond donors (Lipinski definition) is 0. The molecule has 0 aliphatic carbocycles. The molecule has 0 bridgehead atoms. The second-order valence-electron chi connectivity index (χ2n) is 5.19. The molecule has 1 aromatic carbocycles. The Morgan fingerprint density at radius 3 is 2.20 bits per heavy atom. The van der Waals surface area contributed by atoms with Crippen molar-refractivity contribution in [1.82, 2.24) is 0 Å². The molecule has 0 radical (unpaired) electrons. The van der Waals surface area contributed by atoms with Crippen LogP contribution >= 0.6 is 0 Å². The van der Waals surface area contributed by atoms with Crippen molar-refractivity contribution in [3.05, 3.63) is 42.0 Å². The van der Waals surface area contributed by atoms with Gasteiger partial charge >= 0.3 is 29.6 Å². The topological polar surface area (TPSA) is 101 Å². The van der Waals surface area contributed by atoms with Crippen molar-refractivity contribution in [2.24, 2.45) is 0 Å². The van der Waals surface area contributed by atoms with Gasteiger partial charge in [-0.15, -0.1) is 6.58 Å². The number of benzene rings is 1. The maximum atomic E-state index is 11.0. The molecule has 0 amide bonds. The molecule has 1 rings (SSSR count). The quantitative estimate of drug-likeness (QED) is 0.199. The molecule has 0 aliphatic rings. The van der Waals surface area contributed by atoms with Crippen LogP contribution in [0.5, 0.6) is 0 Å². The average molecular weight is 400 g/mol. The Bertz CT molecular complexity index is 727. The van der Waals surface area contributed by atoms with Crippen LogP contribution in [0.1, 0.15) is 37.3 Å². The third kappa shape index (κ3) is 11.9. The van der Waals surface area contributed by atoms with E-state index in [9.17, 15) is 21.4 Å². The Balaban J connectivity index is 0. The molecule has 0 saturated carbocycles. The molecule has 0 fully saturated rings. The first-order valence-electron chi connectivity index (χ1n) is 7.55. The summed E-state index contributed by atoms with van der Waals surface area (Å²) in [6, 6.07) is 4.65. The SMILES string of the molecule is C=CCOS(=O)(=O)CCCCC.Cc1cccc(S(=O)(=O)[O-])c1C.[Na+]. The van der Waals surface area contributed by atoms with Crippen LogP contribution in [0.3, 0.4) is 0 Å². The summed E-state index contributed by atoms with van der Waals surface area (Å²) >= 11 is 0. The monoisotopic (exact) mass is 400 g/mol. The van der Waals surface area contributed by atoms with Crippen molar-refractivity contribution in [3.8, 4) is 0 Å². The molecule has 0 aliphatic heterocycles. The number of unbranched alkanes of at least 4 members (excludes halogenated alkanes) is 2. The van der Waals surface area contributed by atoms with Gasteiger partial charge in [0.05, 0.1) is 17.3 Å². The molecule has 138 valence electrons. The van der Waals surface area contributed by atoms with E-state index in [-0.39, 0.29) is 46.8 Å². The predicted molar refractivity (Wildman–Crippen MR) is 93.3 cm³/mol. The van der Waals surface area contributed by atoms with Gasteiger partial charge in [-0.3, -0.25) is 4.18 Å². The molecular formula is C16H25NaO6S2. The van der Waals surface area contributed by atoms with E-state index in [4.69, 9.17) is 0 Å². The van der Waals surface area contributed by atoms with Gasteiger partial charge in [0.25, 0.3) is 10.1 Å². The largest absolute Gasteiger partial charge is 1.00 e. The fourth-order valence-electron chi connectivity index (χ4n) is 1.73. The normalized spacial score (nSPS) is 11.0. The molecule has 6 nitrogen and oxygen atoms in total. The minimum Gasteiger partial charge on any atom is -0.744 e. The number of aryl methyl sites for hydroxylation is 1. The summed E-state index contributed by atoms with van der Waals surface area (Å²) in [5.74, 6) is 0.120. The van der Waals surface area contributed by atoms with Gasteiger partial charge in [0.15, 0.2) is 0 Å². The first-order valence-corrected chi connectivity index (χ1v) is 10.5. The smallest absolute Gasteiger partial charge is 0.744 e. The van der Waals surface area contributed by atoms with Gasteiger partial charge in [0.1, 0.15) is 10.1 Å². The van der Waals surface area contributed by atoms with Gasteiger partial charge < -0.3 is 4.55 Å². The molecule has 1 aromatic rings. The summed E-state index contributed by atoms with van der Waals surface area (Å²) in [4.78, 5) is -0.123. The zero-order valence-electron chi connectivity index (χ0n) is 15.3. The Kier molecular flexibility index (Phi) is 14.1. The zero-order chi connectivity index (χ0) is 18.8. The molecule has 0 unspecified atom stereocenters. The standard InChI is InChI=1S/C8H10O3S.C8H16O3S.Na/c1-6-4-3-5-8(7(6)2)12(9,10)11;1-3-5-6-8-12(9,10)11-7-4-2;/h3-5H,1-2H3,(H,9,10,11);4H,2-3,5-8H2,1H3;/q;;+1/p-1. The first-order chi connectivity index (χ1) is 11.0. The summed E-state index contributed by atoms with van der Waals surface area (Å²) in [5.41, 5.74) is 1.35. The molecule has 0 aromatic heterocycles. The average Bonchev–Trinajstić information content (AvgIpc) is 2.48. The molecule has 9 heteroatoms. The van der Waals surface area contributed by atoms with E-state index in [0.29, 0.717) is 12.0 Å². The van der Waals surface area contributed by atoms with E-state index in [2.05, 4.69) is 10.8 Å². The van der Waals surface area contributed by atoms with Gasteiger partial charge in [0, 0.05) is 0 Å². The van der Waals surface area contributed by atoms with E-state index in [0.717, 1.165) is 18.4 Å². The van der Waals surface area contributed by atoms with Crippen LogP contribution in [0.15, 0.2) is 35.7 Å². The second-order valence-corrected chi connectivity index (χ2v) is 8.30. The summed E-state index contributed by atoms with van der Waals surface area (Å²) in [5, 5.41) is 0. The molecule has 0 N–H and O–H groups in total. The minimum atomic E-state index is -4.31. The van der Waals surface area contributed by atoms with Crippen LogP contribution < -0.4 is 29.6 Å². The fourth-order valence-corrected chi connectivity index (χ4v) is 3.49. The van der Waals surface area contributed by atoms with Crippen molar-refractivity contribution in [3.63, 3.8) is 0 Å². The summed E-state index contributed by atoms with van der Waals surface area (Å²) in [7, 11) is -7.59. The summed E-state index contributed by atoms with van der Waals surface area (Å²) < 4.78 is 58.5. The van der Waals surface area contributed by atoms with Crippen LogP contribution in [-0.2, 0) is 24.4 Å². The van der Waals surface area contributed by atoms with E-state index in [1.54, 1.807) is 26.0 Å². The number of hydrogen-bond acceptors (Lipinski definition) is 6. The van der Waals surface area contributed by atoms with Crippen LogP contribution in [-0.4, -0.2) is 33.7 Å². The van der Waals surface area contributed by atoms with E-state index in [1.807, 2.05) is 6.92 Å². The van der Waals surface area contributed by atoms with Crippen LogP contribution in [0.2, 0.25) is 0 Å². The predicted octanol–water partition coefficient (Wildman–Crippen LogP) is -0.0795. The maximum absolute atomic E-state index is 11.0. The van der Waals surface area contributed by atoms with Gasteiger partial charge in [-0.25, -0.2) is 8.42 Å². The summed E-state index contributed by atoms with van der Waals surface area (Å²) in [6.07, 6.45) is 4.04. The van der Waals surface area contributed by atoms with Gasteiger partial charge in [0.2, 0.25) is 0 Å². The van der Waals surface area contributed by atoms with E-state index in [1.165, 1.54) is 12.1 Å². The Hall–Kier alpha value is -0.220. The summed E-state index contributed by atoms with van der Waals surface area (Å²) in [6.45, 7) is 8.87. The second kappa shape index (κ2) is 13.0. The molecular weight excluding hydrogens is 375 g/mol. The van der Waals surface area contributed by atoms with Crippen molar-refractivity contribution in [1.29, 1.82) is 0 Å². The van der Waals surface area contributed by atoms with Gasteiger partial charge in [-0.05, 0) is 37.5 Å². The van der Waals surface area contributed by atoms with Crippen molar-refractivity contribution < 1.29 is 55.1 Å². The zero-order valence-corrected chi connectivity index (χ0v) is 19.0. The van der Waals surface area contributed by atoms with Gasteiger partial charge in [-0.1, -0.05) is 38.0 Å². The van der Waals surface area contributed by atoms with Crippen LogP contribution in [0, 0.1) is 13.8 Å². The van der Waals surface area contributed by atoms with Crippen LogP contribution in [0.4, 0.5) is 0 Å². The third-order valence-corrected chi connectivity index (χ3v) is 5.45. The molecule has 0 atom stereocenters. The third-order valence-electron chi connectivity index (χ3n) is 3.19. The Morgan fingerprint density at radius 2 is 1.76 bits per heavy atom. The van der Waals surface area contributed by atoms with E-state index >= 15 is 0 Å². The van der Waals surface area contributed by atoms with Gasteiger partial charge in [-0.2, -0.15) is 8.42 Å². The number of rotatable bonds is 8.